The van der Waals surface area contributed by atoms with Crippen molar-refractivity contribution in [3.05, 3.63) is 108 Å². The third kappa shape index (κ3) is 4.11. The Balaban J connectivity index is 2.07. The third-order valence-electron chi connectivity index (χ3n) is 8.49. The Hall–Kier alpha value is -3.44. The van der Waals surface area contributed by atoms with Crippen LogP contribution >= 0.6 is 0 Å². The van der Waals surface area contributed by atoms with Crippen LogP contribution < -0.4 is 5.32 Å². The lowest BCUT2D eigenvalue weighted by molar-refractivity contribution is -0.185. The van der Waals surface area contributed by atoms with Gasteiger partial charge in [0.1, 0.15) is 0 Å². The zero-order chi connectivity index (χ0) is 25.9. The summed E-state index contributed by atoms with van der Waals surface area (Å²) >= 11 is 0. The second kappa shape index (κ2) is 10.3. The minimum Gasteiger partial charge on any atom is -0.481 e. The van der Waals surface area contributed by atoms with Crippen LogP contribution in [0.3, 0.4) is 0 Å². The Kier molecular flexibility index (Phi) is 7.32. The fourth-order valence-electron chi connectivity index (χ4n) is 6.81. The number of carboxylic acid groups (broad SMARTS) is 2. The van der Waals surface area contributed by atoms with Crippen molar-refractivity contribution in [2.45, 2.75) is 51.6 Å². The molecule has 1 saturated heterocycles. The van der Waals surface area contributed by atoms with Crippen LogP contribution in [0.1, 0.15) is 55.8 Å². The van der Waals surface area contributed by atoms with Gasteiger partial charge < -0.3 is 15.5 Å². The average Bonchev–Trinajstić information content (AvgIpc) is 2.90. The van der Waals surface area contributed by atoms with Crippen molar-refractivity contribution in [2.75, 3.05) is 0 Å². The molecule has 0 bridgehead atoms. The number of aliphatic carboxylic acids is 2. The van der Waals surface area contributed by atoms with Crippen molar-refractivity contribution in [1.82, 2.24) is 5.32 Å². The van der Waals surface area contributed by atoms with Gasteiger partial charge in [-0.3, -0.25) is 9.59 Å². The number of carbonyl (C=O) groups is 2. The van der Waals surface area contributed by atoms with Gasteiger partial charge in [0.15, 0.2) is 0 Å². The first-order chi connectivity index (χ1) is 17.3. The lowest BCUT2D eigenvalue weighted by atomic mass is 9.47. The Morgan fingerprint density at radius 3 is 1.83 bits per heavy atom. The summed E-state index contributed by atoms with van der Waals surface area (Å²) in [7, 11) is 0. The summed E-state index contributed by atoms with van der Waals surface area (Å²) in [5.74, 6) is -2.96. The first kappa shape index (κ1) is 25.6. The van der Waals surface area contributed by atoms with Crippen molar-refractivity contribution >= 4 is 11.9 Å². The van der Waals surface area contributed by atoms with Gasteiger partial charge in [0, 0.05) is 18.0 Å². The molecular weight excluding hydrogens is 450 g/mol. The van der Waals surface area contributed by atoms with Gasteiger partial charge in [-0.2, -0.15) is 0 Å². The molecule has 0 saturated carbocycles. The van der Waals surface area contributed by atoms with E-state index in [9.17, 15) is 19.8 Å². The Morgan fingerprint density at radius 2 is 1.33 bits per heavy atom. The van der Waals surface area contributed by atoms with Crippen LogP contribution in [0.4, 0.5) is 0 Å². The Bertz CT molecular complexity index is 1180. The quantitative estimate of drug-likeness (QED) is 0.368. The van der Waals surface area contributed by atoms with E-state index in [-0.39, 0.29) is 12.3 Å². The van der Waals surface area contributed by atoms with Crippen LogP contribution in [-0.4, -0.2) is 28.2 Å². The van der Waals surface area contributed by atoms with Crippen molar-refractivity contribution < 1.29 is 19.8 Å². The van der Waals surface area contributed by atoms with Crippen LogP contribution in [0.5, 0.6) is 0 Å². The van der Waals surface area contributed by atoms with Gasteiger partial charge in [-0.1, -0.05) is 105 Å². The summed E-state index contributed by atoms with van der Waals surface area (Å²) in [4.78, 5) is 26.9. The van der Waals surface area contributed by atoms with E-state index in [1.54, 1.807) is 0 Å². The van der Waals surface area contributed by atoms with E-state index in [1.165, 1.54) is 0 Å². The highest BCUT2D eigenvalue weighted by atomic mass is 16.4. The van der Waals surface area contributed by atoms with E-state index < -0.39 is 40.8 Å². The maximum absolute atomic E-state index is 13.7. The molecule has 1 fully saturated rings. The first-order valence-corrected chi connectivity index (χ1v) is 12.7. The molecule has 36 heavy (non-hydrogen) atoms. The number of nitrogens with one attached hydrogen (secondary N) is 1. The molecular formula is C31H35NO4. The summed E-state index contributed by atoms with van der Waals surface area (Å²) in [6, 6.07) is 27.9. The maximum atomic E-state index is 13.7. The van der Waals surface area contributed by atoms with Gasteiger partial charge in [-0.15, -0.1) is 0 Å². The van der Waals surface area contributed by atoms with Crippen LogP contribution in [0.2, 0.25) is 0 Å². The zero-order valence-corrected chi connectivity index (χ0v) is 21.1. The van der Waals surface area contributed by atoms with Crippen molar-refractivity contribution in [3.63, 3.8) is 0 Å². The lowest BCUT2D eigenvalue weighted by Gasteiger charge is -2.59. The molecule has 0 aromatic heterocycles. The number of benzene rings is 3. The van der Waals surface area contributed by atoms with Gasteiger partial charge in [0.25, 0.3) is 0 Å². The molecule has 1 aliphatic rings. The molecule has 1 aliphatic heterocycles. The molecule has 0 spiro atoms. The smallest absolute Gasteiger partial charge is 0.312 e. The number of piperidine rings is 1. The normalized spacial score (nSPS) is 28.8. The van der Waals surface area contributed by atoms with Crippen LogP contribution in [-0.2, 0) is 16.0 Å². The fraction of sp³-hybridized carbons (Fsp3) is 0.355. The standard InChI is InChI=1S/C31H35NO4/c1-4-30(28(33)34)22(3)32-27(25-18-12-7-13-19-25)31(29(35)36,20-23-14-8-5-9-15-23)26(30)21(2)24-16-10-6-11-17-24/h5-19,21-22,26-27,32H,4,20H2,1-3H3,(H,33,34)(H,35,36). The molecule has 188 valence electrons. The molecule has 3 aromatic carbocycles. The molecule has 0 amide bonds. The van der Waals surface area contributed by atoms with E-state index in [0.717, 1.165) is 16.7 Å². The SMILES string of the molecule is CCC1(C(=O)O)C(C)NC(c2ccccc2)C(Cc2ccccc2)(C(=O)O)C1C(C)c1ccccc1. The lowest BCUT2D eigenvalue weighted by Crippen LogP contribution is -2.69. The second-order valence-corrected chi connectivity index (χ2v) is 10.1. The first-order valence-electron chi connectivity index (χ1n) is 12.7. The molecule has 6 atom stereocenters. The highest BCUT2D eigenvalue weighted by molar-refractivity contribution is 5.83. The summed E-state index contributed by atoms with van der Waals surface area (Å²) in [6.07, 6.45) is 0.517. The van der Waals surface area contributed by atoms with E-state index in [4.69, 9.17) is 0 Å². The van der Waals surface area contributed by atoms with Crippen molar-refractivity contribution in [2.24, 2.45) is 16.7 Å². The van der Waals surface area contributed by atoms with Crippen LogP contribution in [0.15, 0.2) is 91.0 Å². The molecule has 4 rings (SSSR count). The molecule has 0 aliphatic carbocycles. The zero-order valence-electron chi connectivity index (χ0n) is 21.1. The minimum absolute atomic E-state index is 0.208. The maximum Gasteiger partial charge on any atom is 0.312 e. The fourth-order valence-corrected chi connectivity index (χ4v) is 6.81. The average molecular weight is 486 g/mol. The van der Waals surface area contributed by atoms with Crippen molar-refractivity contribution in [3.8, 4) is 0 Å². The summed E-state index contributed by atoms with van der Waals surface area (Å²) in [6.45, 7) is 5.76. The number of rotatable bonds is 8. The molecule has 5 heteroatoms. The van der Waals surface area contributed by atoms with Gasteiger partial charge in [-0.25, -0.2) is 0 Å². The molecule has 0 radical (unpaired) electrons. The van der Waals surface area contributed by atoms with Crippen LogP contribution in [0.25, 0.3) is 0 Å². The van der Waals surface area contributed by atoms with Crippen molar-refractivity contribution in [1.29, 1.82) is 0 Å². The number of hydrogen-bond acceptors (Lipinski definition) is 3. The Labute approximate surface area is 213 Å². The monoisotopic (exact) mass is 485 g/mol. The second-order valence-electron chi connectivity index (χ2n) is 10.1. The predicted molar refractivity (Wildman–Crippen MR) is 141 cm³/mol. The molecule has 1 heterocycles. The van der Waals surface area contributed by atoms with Gasteiger partial charge >= 0.3 is 11.9 Å². The third-order valence-corrected chi connectivity index (χ3v) is 8.49. The minimum atomic E-state index is -1.43. The van der Waals surface area contributed by atoms with E-state index in [1.807, 2.05) is 112 Å². The number of hydrogen-bond donors (Lipinski definition) is 3. The molecule has 3 aromatic rings. The molecule has 6 unspecified atom stereocenters. The summed E-state index contributed by atoms with van der Waals surface area (Å²) in [5.41, 5.74) is -0.0610. The van der Waals surface area contributed by atoms with E-state index >= 15 is 0 Å². The molecule has 3 N–H and O–H groups in total. The van der Waals surface area contributed by atoms with E-state index in [0.29, 0.717) is 6.42 Å². The molecule has 5 nitrogen and oxygen atoms in total. The van der Waals surface area contributed by atoms with Gasteiger partial charge in [0.05, 0.1) is 10.8 Å². The van der Waals surface area contributed by atoms with E-state index in [2.05, 4.69) is 5.32 Å². The Morgan fingerprint density at radius 1 is 0.833 bits per heavy atom. The van der Waals surface area contributed by atoms with Crippen LogP contribution in [0, 0.1) is 16.7 Å². The largest absolute Gasteiger partial charge is 0.481 e. The summed E-state index contributed by atoms with van der Waals surface area (Å²) < 4.78 is 0. The van der Waals surface area contributed by atoms with Gasteiger partial charge in [0.2, 0.25) is 0 Å². The van der Waals surface area contributed by atoms with Gasteiger partial charge in [-0.05, 0) is 42.4 Å². The highest BCUT2D eigenvalue weighted by Crippen LogP contribution is 2.61. The topological polar surface area (TPSA) is 86.6 Å². The number of carboxylic acids is 2. The summed E-state index contributed by atoms with van der Waals surface area (Å²) in [5, 5.41) is 25.6. The highest BCUT2D eigenvalue weighted by Gasteiger charge is 2.68. The predicted octanol–water partition coefficient (Wildman–Crippen LogP) is 5.93.